The monoisotopic (exact) mass is 492 g/mol. The van der Waals surface area contributed by atoms with Gasteiger partial charge in [0.2, 0.25) is 0 Å². The fourth-order valence-corrected chi connectivity index (χ4v) is 4.50. The zero-order valence-electron chi connectivity index (χ0n) is 18.2. The van der Waals surface area contributed by atoms with Crippen molar-refractivity contribution in [1.29, 1.82) is 0 Å². The van der Waals surface area contributed by atoms with Gasteiger partial charge in [0.1, 0.15) is 17.3 Å². The minimum atomic E-state index is -0.141. The number of carbonyl (C=O) groups excluding carboxylic acids is 1. The number of para-hydroxylation sites is 2. The molecule has 5 rings (SSSR count). The molecular formula is C26H22Cl2N4O2. The number of piperazine rings is 1. The molecule has 0 unspecified atom stereocenters. The van der Waals surface area contributed by atoms with Crippen LogP contribution in [-0.2, 0) is 0 Å². The topological polar surface area (TPSA) is 61.6 Å². The first-order valence-corrected chi connectivity index (χ1v) is 11.7. The highest BCUT2D eigenvalue weighted by atomic mass is 35.5. The van der Waals surface area contributed by atoms with Crippen molar-refractivity contribution in [1.82, 2.24) is 14.5 Å². The van der Waals surface area contributed by atoms with E-state index in [0.717, 1.165) is 16.9 Å². The van der Waals surface area contributed by atoms with Crippen LogP contribution in [0.2, 0.25) is 10.0 Å². The summed E-state index contributed by atoms with van der Waals surface area (Å²) in [4.78, 5) is 22.0. The van der Waals surface area contributed by atoms with Crippen LogP contribution in [0, 0.1) is 0 Å². The Morgan fingerprint density at radius 3 is 2.24 bits per heavy atom. The van der Waals surface area contributed by atoms with Crippen LogP contribution in [0.1, 0.15) is 10.5 Å². The molecule has 6 nitrogen and oxygen atoms in total. The number of hydrogen-bond acceptors (Lipinski definition) is 4. The first-order valence-electron chi connectivity index (χ1n) is 10.9. The summed E-state index contributed by atoms with van der Waals surface area (Å²) in [5, 5.41) is 11.3. The number of carbonyl (C=O) groups is 1. The molecule has 0 radical (unpaired) electrons. The second-order valence-corrected chi connectivity index (χ2v) is 8.89. The minimum absolute atomic E-state index is 0.141. The maximum atomic E-state index is 13.4. The smallest absolute Gasteiger partial charge is 0.274 e. The largest absolute Gasteiger partial charge is 0.506 e. The van der Waals surface area contributed by atoms with Crippen LogP contribution in [0.5, 0.6) is 5.75 Å². The van der Waals surface area contributed by atoms with Crippen molar-refractivity contribution in [3.05, 3.63) is 94.7 Å². The molecule has 0 atom stereocenters. The number of hydrogen-bond donors (Lipinski definition) is 1. The zero-order valence-corrected chi connectivity index (χ0v) is 19.7. The van der Waals surface area contributed by atoms with Gasteiger partial charge in [-0.2, -0.15) is 0 Å². The fourth-order valence-electron chi connectivity index (χ4n) is 4.16. The highest BCUT2D eigenvalue weighted by Crippen LogP contribution is 2.31. The highest BCUT2D eigenvalue weighted by Gasteiger charge is 2.26. The van der Waals surface area contributed by atoms with Gasteiger partial charge in [0, 0.05) is 48.6 Å². The molecule has 4 aromatic rings. The fraction of sp³-hybridized carbons (Fsp3) is 0.154. The average molecular weight is 493 g/mol. The van der Waals surface area contributed by atoms with E-state index in [4.69, 9.17) is 28.2 Å². The highest BCUT2D eigenvalue weighted by molar-refractivity contribution is 6.33. The van der Waals surface area contributed by atoms with E-state index in [9.17, 15) is 9.90 Å². The molecule has 1 aliphatic rings. The van der Waals surface area contributed by atoms with Gasteiger partial charge in [-0.1, -0.05) is 47.5 Å². The summed E-state index contributed by atoms with van der Waals surface area (Å²) in [6.07, 6.45) is 1.75. The molecule has 1 saturated heterocycles. The summed E-state index contributed by atoms with van der Waals surface area (Å²) in [6.45, 7) is 2.31. The van der Waals surface area contributed by atoms with Crippen LogP contribution >= 0.6 is 23.2 Å². The van der Waals surface area contributed by atoms with Crippen molar-refractivity contribution in [2.24, 2.45) is 0 Å². The Kier molecular flexibility index (Phi) is 6.18. The summed E-state index contributed by atoms with van der Waals surface area (Å²) in [5.41, 5.74) is 2.70. The number of rotatable bonds is 4. The van der Waals surface area contributed by atoms with Crippen LogP contribution < -0.4 is 4.90 Å². The van der Waals surface area contributed by atoms with Crippen LogP contribution in [0.25, 0.3) is 17.1 Å². The molecule has 1 aromatic heterocycles. The van der Waals surface area contributed by atoms with E-state index >= 15 is 0 Å². The Labute approximate surface area is 207 Å². The normalized spacial score (nSPS) is 13.8. The van der Waals surface area contributed by atoms with Crippen molar-refractivity contribution in [2.45, 2.75) is 0 Å². The Hall–Kier alpha value is -3.48. The van der Waals surface area contributed by atoms with Gasteiger partial charge in [0.25, 0.3) is 5.91 Å². The molecule has 0 spiro atoms. The number of phenols is 1. The molecule has 2 heterocycles. The Bertz CT molecular complexity index is 1330. The first kappa shape index (κ1) is 22.3. The zero-order chi connectivity index (χ0) is 23.7. The Morgan fingerprint density at radius 2 is 1.53 bits per heavy atom. The number of phenolic OH excluding ortho intramolecular Hbond substituents is 1. The van der Waals surface area contributed by atoms with Gasteiger partial charge >= 0.3 is 0 Å². The van der Waals surface area contributed by atoms with Gasteiger partial charge in [0.15, 0.2) is 0 Å². The van der Waals surface area contributed by atoms with E-state index in [1.54, 1.807) is 41.4 Å². The molecule has 172 valence electrons. The van der Waals surface area contributed by atoms with Crippen molar-refractivity contribution in [2.75, 3.05) is 31.1 Å². The van der Waals surface area contributed by atoms with Crippen molar-refractivity contribution in [3.63, 3.8) is 0 Å². The van der Waals surface area contributed by atoms with E-state index in [-0.39, 0.29) is 11.7 Å². The average Bonchev–Trinajstić information content (AvgIpc) is 3.30. The maximum Gasteiger partial charge on any atom is 0.274 e. The molecule has 1 aliphatic heterocycles. The van der Waals surface area contributed by atoms with E-state index < -0.39 is 0 Å². The lowest BCUT2D eigenvalue weighted by atomic mass is 10.2. The number of halogens is 2. The molecule has 0 aliphatic carbocycles. The van der Waals surface area contributed by atoms with Gasteiger partial charge in [-0.05, 0) is 48.5 Å². The van der Waals surface area contributed by atoms with E-state index in [1.807, 2.05) is 47.0 Å². The molecule has 34 heavy (non-hydrogen) atoms. The van der Waals surface area contributed by atoms with Gasteiger partial charge in [0.05, 0.1) is 10.7 Å². The molecule has 0 saturated carbocycles. The molecule has 8 heteroatoms. The molecule has 0 bridgehead atoms. The number of benzene rings is 3. The molecule has 3 aromatic carbocycles. The van der Waals surface area contributed by atoms with Crippen molar-refractivity contribution >= 4 is 34.8 Å². The van der Waals surface area contributed by atoms with Crippen molar-refractivity contribution < 1.29 is 9.90 Å². The van der Waals surface area contributed by atoms with E-state index in [1.165, 1.54) is 0 Å². The second kappa shape index (κ2) is 9.41. The quantitative estimate of drug-likeness (QED) is 0.407. The van der Waals surface area contributed by atoms with Crippen LogP contribution in [0.15, 0.2) is 79.0 Å². The molecule has 1 N–H and O–H groups in total. The number of aromatic hydroxyl groups is 1. The third kappa shape index (κ3) is 4.34. The summed E-state index contributed by atoms with van der Waals surface area (Å²) < 4.78 is 1.86. The summed E-state index contributed by atoms with van der Waals surface area (Å²) in [5.74, 6) is 0.690. The lowest BCUT2D eigenvalue weighted by molar-refractivity contribution is 0.0741. The number of amides is 1. The van der Waals surface area contributed by atoms with Crippen LogP contribution in [0.4, 0.5) is 5.69 Å². The van der Waals surface area contributed by atoms with Crippen molar-refractivity contribution in [3.8, 4) is 22.8 Å². The lowest BCUT2D eigenvalue weighted by Crippen LogP contribution is -2.48. The third-order valence-electron chi connectivity index (χ3n) is 5.93. The van der Waals surface area contributed by atoms with Gasteiger partial charge < -0.3 is 14.9 Å². The Balaban J connectivity index is 1.43. The lowest BCUT2D eigenvalue weighted by Gasteiger charge is -2.36. The summed E-state index contributed by atoms with van der Waals surface area (Å²) in [7, 11) is 0. The first-order chi connectivity index (χ1) is 16.5. The Morgan fingerprint density at radius 1 is 0.853 bits per heavy atom. The molecular weight excluding hydrogens is 471 g/mol. The van der Waals surface area contributed by atoms with Crippen LogP contribution in [-0.4, -0.2) is 51.6 Å². The van der Waals surface area contributed by atoms with E-state index in [0.29, 0.717) is 47.7 Å². The van der Waals surface area contributed by atoms with Gasteiger partial charge in [-0.15, -0.1) is 0 Å². The van der Waals surface area contributed by atoms with Gasteiger partial charge in [-0.25, -0.2) is 4.98 Å². The SMILES string of the molecule is O=C(c1cn(-c2ccc(Cl)cc2)c(-c2ccccc2Cl)n1)N1CCN(c2ccccc2O)CC1. The third-order valence-corrected chi connectivity index (χ3v) is 6.52. The van der Waals surface area contributed by atoms with E-state index in [2.05, 4.69) is 4.90 Å². The number of anilines is 1. The summed E-state index contributed by atoms with van der Waals surface area (Å²) in [6, 6.07) is 22.0. The summed E-state index contributed by atoms with van der Waals surface area (Å²) >= 11 is 12.6. The standard InChI is InChI=1S/C26H22Cl2N4O2/c27-18-9-11-19(12-10-18)32-17-22(29-25(32)20-5-1-2-6-21(20)28)26(34)31-15-13-30(14-16-31)23-7-3-4-8-24(23)33/h1-12,17,33H,13-16H2. The van der Waals surface area contributed by atoms with Crippen LogP contribution in [0.3, 0.4) is 0 Å². The predicted octanol–water partition coefficient (Wildman–Crippen LogP) is 5.51. The number of nitrogens with zero attached hydrogens (tertiary/aromatic N) is 4. The maximum absolute atomic E-state index is 13.4. The molecule has 1 amide bonds. The number of aromatic nitrogens is 2. The predicted molar refractivity (Wildman–Crippen MR) is 135 cm³/mol. The minimum Gasteiger partial charge on any atom is -0.506 e. The van der Waals surface area contributed by atoms with Gasteiger partial charge in [-0.3, -0.25) is 9.36 Å². The number of imidazole rings is 1. The molecule has 1 fully saturated rings. The second-order valence-electron chi connectivity index (χ2n) is 8.04.